The number of benzene rings is 1. The van der Waals surface area contributed by atoms with Gasteiger partial charge in [-0.05, 0) is 37.8 Å². The van der Waals surface area contributed by atoms with Crippen molar-refractivity contribution in [2.45, 2.75) is 52.6 Å². The predicted octanol–water partition coefficient (Wildman–Crippen LogP) is 4.25. The molecule has 1 heterocycles. The van der Waals surface area contributed by atoms with E-state index < -0.39 is 0 Å². The van der Waals surface area contributed by atoms with Crippen LogP contribution in [0.4, 0.5) is 5.69 Å². The van der Waals surface area contributed by atoms with Gasteiger partial charge in [0.1, 0.15) is 0 Å². The van der Waals surface area contributed by atoms with Crippen LogP contribution in [0.2, 0.25) is 5.02 Å². The van der Waals surface area contributed by atoms with Gasteiger partial charge in [0, 0.05) is 24.7 Å². The topological polar surface area (TPSA) is 15.3 Å². The summed E-state index contributed by atoms with van der Waals surface area (Å²) in [5.74, 6) is 0.597. The molecule has 2 atom stereocenters. The monoisotopic (exact) mass is 294 g/mol. The summed E-state index contributed by atoms with van der Waals surface area (Å²) in [6.07, 6.45) is 1.12. The minimum Gasteiger partial charge on any atom is -0.364 e. The van der Waals surface area contributed by atoms with E-state index in [1.54, 1.807) is 0 Å². The molecule has 1 saturated heterocycles. The molecule has 1 fully saturated rings. The highest BCUT2D eigenvalue weighted by atomic mass is 35.5. The molecule has 2 rings (SSSR count). The number of para-hydroxylation sites is 1. The quantitative estimate of drug-likeness (QED) is 0.896. The molecule has 1 aliphatic heterocycles. The van der Waals surface area contributed by atoms with Crippen molar-refractivity contribution in [3.8, 4) is 0 Å². The van der Waals surface area contributed by atoms with Gasteiger partial charge >= 0.3 is 0 Å². The molecule has 0 amide bonds. The molecule has 0 spiro atoms. The number of hydrogen-bond donors (Lipinski definition) is 1. The third kappa shape index (κ3) is 2.96. The Morgan fingerprint density at radius 2 is 2.15 bits per heavy atom. The molecule has 1 aromatic rings. The van der Waals surface area contributed by atoms with E-state index >= 15 is 0 Å². The summed E-state index contributed by atoms with van der Waals surface area (Å²) in [5.41, 5.74) is 2.65. The second-order valence-corrected chi connectivity index (χ2v) is 7.05. The smallest absolute Gasteiger partial charge is 0.0642 e. The van der Waals surface area contributed by atoms with Crippen molar-refractivity contribution < 1.29 is 0 Å². The molecule has 2 unspecified atom stereocenters. The Balaban J connectivity index is 2.42. The van der Waals surface area contributed by atoms with Gasteiger partial charge in [0.25, 0.3) is 0 Å². The number of halogens is 1. The van der Waals surface area contributed by atoms with Crippen molar-refractivity contribution in [1.29, 1.82) is 0 Å². The van der Waals surface area contributed by atoms with Crippen LogP contribution in [0.3, 0.4) is 0 Å². The van der Waals surface area contributed by atoms with Gasteiger partial charge in [0.2, 0.25) is 0 Å². The van der Waals surface area contributed by atoms with Crippen molar-refractivity contribution in [2.24, 2.45) is 5.92 Å². The molecule has 2 nitrogen and oxygen atoms in total. The van der Waals surface area contributed by atoms with Crippen molar-refractivity contribution in [3.05, 3.63) is 28.8 Å². The molecule has 112 valence electrons. The van der Waals surface area contributed by atoms with Crippen molar-refractivity contribution in [2.75, 3.05) is 18.0 Å². The Morgan fingerprint density at radius 3 is 2.70 bits per heavy atom. The first-order chi connectivity index (χ1) is 9.38. The molecule has 3 heteroatoms. The molecule has 20 heavy (non-hydrogen) atoms. The van der Waals surface area contributed by atoms with E-state index in [1.165, 1.54) is 11.3 Å². The van der Waals surface area contributed by atoms with Crippen LogP contribution in [0.5, 0.6) is 0 Å². The van der Waals surface area contributed by atoms with E-state index in [1.807, 2.05) is 12.1 Å². The number of piperazine rings is 1. The lowest BCUT2D eigenvalue weighted by molar-refractivity contribution is 0.253. The maximum Gasteiger partial charge on any atom is 0.0642 e. The van der Waals surface area contributed by atoms with E-state index in [2.05, 4.69) is 50.9 Å². The van der Waals surface area contributed by atoms with Gasteiger partial charge in [-0.15, -0.1) is 0 Å². The Kier molecular flexibility index (Phi) is 4.66. The molecular formula is C17H27ClN2. The summed E-state index contributed by atoms with van der Waals surface area (Å²) in [7, 11) is 0. The molecule has 0 radical (unpaired) electrons. The fourth-order valence-corrected chi connectivity index (χ4v) is 3.40. The fraction of sp³-hybridized carbons (Fsp3) is 0.647. The Labute approximate surface area is 128 Å². The summed E-state index contributed by atoms with van der Waals surface area (Å²) in [5, 5.41) is 4.60. The van der Waals surface area contributed by atoms with Gasteiger partial charge in [0.05, 0.1) is 10.7 Å². The largest absolute Gasteiger partial charge is 0.364 e. The van der Waals surface area contributed by atoms with Crippen LogP contribution in [0.25, 0.3) is 0 Å². The van der Waals surface area contributed by atoms with E-state index in [4.69, 9.17) is 11.6 Å². The number of rotatable bonds is 3. The average molecular weight is 295 g/mol. The van der Waals surface area contributed by atoms with E-state index in [0.29, 0.717) is 12.0 Å². The van der Waals surface area contributed by atoms with Crippen LogP contribution in [0, 0.1) is 12.8 Å². The summed E-state index contributed by atoms with van der Waals surface area (Å²) < 4.78 is 0. The lowest BCUT2D eigenvalue weighted by atomic mass is 9.89. The number of aryl methyl sites for hydroxylation is 1. The molecular weight excluding hydrogens is 268 g/mol. The zero-order valence-electron chi connectivity index (χ0n) is 13.3. The van der Waals surface area contributed by atoms with Gasteiger partial charge in [-0.2, -0.15) is 0 Å². The summed E-state index contributed by atoms with van der Waals surface area (Å²) in [6, 6.07) is 6.69. The predicted molar refractivity (Wildman–Crippen MR) is 88.9 cm³/mol. The minimum atomic E-state index is 0.164. The number of nitrogens with zero attached hydrogens (tertiary/aromatic N) is 1. The maximum absolute atomic E-state index is 6.51. The first-order valence-corrected chi connectivity index (χ1v) is 8.02. The van der Waals surface area contributed by atoms with E-state index in [0.717, 1.165) is 24.5 Å². The number of anilines is 1. The first-order valence-electron chi connectivity index (χ1n) is 7.65. The van der Waals surface area contributed by atoms with Crippen LogP contribution in [0.15, 0.2) is 18.2 Å². The zero-order valence-corrected chi connectivity index (χ0v) is 14.1. The summed E-state index contributed by atoms with van der Waals surface area (Å²) in [6.45, 7) is 13.3. The second kappa shape index (κ2) is 5.95. The third-order valence-corrected chi connectivity index (χ3v) is 4.99. The zero-order chi connectivity index (χ0) is 14.9. The molecule has 0 aromatic heterocycles. The van der Waals surface area contributed by atoms with Crippen LogP contribution in [-0.4, -0.2) is 24.7 Å². The normalized spacial score (nSPS) is 27.1. The lowest BCUT2D eigenvalue weighted by Gasteiger charge is -2.49. The first kappa shape index (κ1) is 15.7. The molecule has 1 aliphatic rings. The van der Waals surface area contributed by atoms with Crippen LogP contribution in [-0.2, 0) is 0 Å². The van der Waals surface area contributed by atoms with Crippen molar-refractivity contribution in [1.82, 2.24) is 5.32 Å². The third-order valence-electron chi connectivity index (χ3n) is 4.68. The lowest BCUT2D eigenvalue weighted by Crippen LogP contribution is -2.64. The van der Waals surface area contributed by atoms with Crippen LogP contribution in [0.1, 0.15) is 39.7 Å². The summed E-state index contributed by atoms with van der Waals surface area (Å²) >= 11 is 6.51. The van der Waals surface area contributed by atoms with Gasteiger partial charge < -0.3 is 10.2 Å². The Bertz CT molecular complexity index is 452. The molecule has 1 N–H and O–H groups in total. The van der Waals surface area contributed by atoms with Gasteiger partial charge in [0.15, 0.2) is 0 Å². The summed E-state index contributed by atoms with van der Waals surface area (Å²) in [4.78, 5) is 2.53. The van der Waals surface area contributed by atoms with Crippen LogP contribution >= 0.6 is 11.6 Å². The highest BCUT2D eigenvalue weighted by Crippen LogP contribution is 2.35. The van der Waals surface area contributed by atoms with Crippen molar-refractivity contribution in [3.63, 3.8) is 0 Å². The molecule has 1 aromatic carbocycles. The van der Waals surface area contributed by atoms with Crippen molar-refractivity contribution >= 4 is 17.3 Å². The fourth-order valence-electron chi connectivity index (χ4n) is 3.07. The Hall–Kier alpha value is -0.730. The number of hydrogen-bond acceptors (Lipinski definition) is 2. The SMILES string of the molecule is CCC1(C)CN(c2c(C)cccc2Cl)C(C(C)C)CN1. The number of nitrogens with one attached hydrogen (secondary N) is 1. The van der Waals surface area contributed by atoms with Gasteiger partial charge in [-0.1, -0.05) is 44.5 Å². The molecule has 0 saturated carbocycles. The minimum absolute atomic E-state index is 0.164. The van der Waals surface area contributed by atoms with Crippen LogP contribution < -0.4 is 10.2 Å². The second-order valence-electron chi connectivity index (χ2n) is 6.64. The van der Waals surface area contributed by atoms with Gasteiger partial charge in [-0.3, -0.25) is 0 Å². The Morgan fingerprint density at radius 1 is 1.45 bits per heavy atom. The van der Waals surface area contributed by atoms with E-state index in [9.17, 15) is 0 Å². The standard InChI is InChI=1S/C17H27ClN2/c1-6-17(5)11-20(15(10-19-17)12(2)3)16-13(4)8-7-9-14(16)18/h7-9,12,15,19H,6,10-11H2,1-5H3. The van der Waals surface area contributed by atoms with Gasteiger partial charge in [-0.25, -0.2) is 0 Å². The average Bonchev–Trinajstić information content (AvgIpc) is 2.38. The highest BCUT2D eigenvalue weighted by Gasteiger charge is 2.37. The molecule has 0 aliphatic carbocycles. The molecule has 0 bridgehead atoms. The highest BCUT2D eigenvalue weighted by molar-refractivity contribution is 6.33. The van der Waals surface area contributed by atoms with E-state index in [-0.39, 0.29) is 5.54 Å². The maximum atomic E-state index is 6.51.